The molecule has 2 aliphatic rings. The van der Waals surface area contributed by atoms with Gasteiger partial charge in [0.2, 0.25) is 0 Å². The Balaban J connectivity index is 1.57. The van der Waals surface area contributed by atoms with Gasteiger partial charge in [0.25, 0.3) is 5.92 Å². The van der Waals surface area contributed by atoms with Gasteiger partial charge in [0.15, 0.2) is 0 Å². The molecule has 2 aliphatic heterocycles. The van der Waals surface area contributed by atoms with Crippen LogP contribution in [0.5, 0.6) is 0 Å². The summed E-state index contributed by atoms with van der Waals surface area (Å²) in [5.74, 6) is -4.14. The highest BCUT2D eigenvalue weighted by Crippen LogP contribution is 2.35. The maximum Gasteiger partial charge on any atom is 0.419 e. The monoisotopic (exact) mass is 472 g/mol. The Hall–Kier alpha value is -2.95. The van der Waals surface area contributed by atoms with Crippen molar-refractivity contribution in [2.75, 3.05) is 41.7 Å². The number of piperidine rings is 1. The summed E-state index contributed by atoms with van der Waals surface area (Å²) in [7, 11) is 0. The number of amides is 2. The molecule has 2 aromatic rings. The van der Waals surface area contributed by atoms with Gasteiger partial charge in [0.05, 0.1) is 23.0 Å². The van der Waals surface area contributed by atoms with Crippen molar-refractivity contribution in [1.29, 1.82) is 0 Å². The van der Waals surface area contributed by atoms with E-state index < -0.39 is 35.6 Å². The molecule has 2 aromatic carbocycles. The van der Waals surface area contributed by atoms with Gasteiger partial charge in [-0.15, -0.1) is 0 Å². The molecular formula is C22H22F6N4O. The fourth-order valence-corrected chi connectivity index (χ4v) is 4.14. The van der Waals surface area contributed by atoms with Crippen molar-refractivity contribution in [1.82, 2.24) is 4.90 Å². The topological polar surface area (TPSA) is 47.6 Å². The Labute approximate surface area is 186 Å². The first-order chi connectivity index (χ1) is 15.5. The smallest absolute Gasteiger partial charge is 0.381 e. The number of nitrogens with one attached hydrogen (secondary N) is 2. The van der Waals surface area contributed by atoms with E-state index in [0.29, 0.717) is 36.6 Å². The first kappa shape index (κ1) is 23.2. The third-order valence-corrected chi connectivity index (χ3v) is 5.86. The normalized spacial score (nSPS) is 20.7. The lowest BCUT2D eigenvalue weighted by molar-refractivity contribution is -0.139. The van der Waals surface area contributed by atoms with Gasteiger partial charge in [-0.2, -0.15) is 13.2 Å². The van der Waals surface area contributed by atoms with Crippen LogP contribution < -0.4 is 15.5 Å². The Bertz CT molecular complexity index is 1020. The highest BCUT2D eigenvalue weighted by Gasteiger charge is 2.38. The Morgan fingerprint density at radius 3 is 2.52 bits per heavy atom. The molecule has 2 heterocycles. The number of nitrogens with zero attached hydrogens (tertiary/aromatic N) is 2. The van der Waals surface area contributed by atoms with Crippen LogP contribution in [0, 0.1) is 5.82 Å². The molecule has 5 nitrogen and oxygen atoms in total. The fraction of sp³-hybridized carbons (Fsp3) is 0.409. The molecule has 178 valence electrons. The number of para-hydroxylation sites is 2. The van der Waals surface area contributed by atoms with E-state index in [4.69, 9.17) is 0 Å². The molecule has 0 saturated carbocycles. The molecule has 0 spiro atoms. The fourth-order valence-electron chi connectivity index (χ4n) is 4.14. The van der Waals surface area contributed by atoms with Crippen molar-refractivity contribution in [2.24, 2.45) is 0 Å². The average molecular weight is 472 g/mol. The zero-order valence-corrected chi connectivity index (χ0v) is 17.4. The highest BCUT2D eigenvalue weighted by molar-refractivity contribution is 6.05. The molecule has 4 rings (SSSR count). The van der Waals surface area contributed by atoms with Crippen LogP contribution in [0.15, 0.2) is 42.5 Å². The molecule has 1 fully saturated rings. The molecule has 1 saturated heterocycles. The lowest BCUT2D eigenvalue weighted by Crippen LogP contribution is -2.55. The Morgan fingerprint density at radius 1 is 1.12 bits per heavy atom. The predicted molar refractivity (Wildman–Crippen MR) is 112 cm³/mol. The van der Waals surface area contributed by atoms with Gasteiger partial charge in [0, 0.05) is 44.7 Å². The maximum atomic E-state index is 13.6. The predicted octanol–water partition coefficient (Wildman–Crippen LogP) is 5.41. The van der Waals surface area contributed by atoms with Crippen LogP contribution in [-0.4, -0.2) is 49.1 Å². The molecule has 0 bridgehead atoms. The summed E-state index contributed by atoms with van der Waals surface area (Å²) in [5, 5.41) is 5.64. The van der Waals surface area contributed by atoms with Crippen molar-refractivity contribution in [3.05, 3.63) is 53.8 Å². The standard InChI is InChI=1S/C22H22F6N4O/c23-17-6-5-14(11-16(17)22(26,27)28)30-20(33)32-15(12-29-18-3-1-2-4-19(18)32)13-31-9-7-21(24,25)8-10-31/h1-6,11,15,29H,7-10,12-13H2,(H,30,33). The first-order valence-corrected chi connectivity index (χ1v) is 10.4. The van der Waals surface area contributed by atoms with Gasteiger partial charge < -0.3 is 15.5 Å². The minimum atomic E-state index is -4.91. The number of alkyl halides is 5. The van der Waals surface area contributed by atoms with E-state index >= 15 is 0 Å². The first-order valence-electron chi connectivity index (χ1n) is 10.4. The number of likely N-dealkylation sites (tertiary alicyclic amines) is 1. The quantitative estimate of drug-likeness (QED) is 0.588. The average Bonchev–Trinajstić information content (AvgIpc) is 2.75. The SMILES string of the molecule is O=C(Nc1ccc(F)c(C(F)(F)F)c1)N1c2ccccc2NCC1CN1CCC(F)(F)CC1. The summed E-state index contributed by atoms with van der Waals surface area (Å²) < 4.78 is 79.9. The third-order valence-electron chi connectivity index (χ3n) is 5.86. The van der Waals surface area contributed by atoms with Gasteiger partial charge in [-0.1, -0.05) is 12.1 Å². The number of hydrogen-bond acceptors (Lipinski definition) is 3. The number of fused-ring (bicyclic) bond motifs is 1. The molecule has 2 amide bonds. The van der Waals surface area contributed by atoms with Gasteiger partial charge in [0.1, 0.15) is 5.82 Å². The van der Waals surface area contributed by atoms with E-state index in [-0.39, 0.29) is 31.6 Å². The number of benzene rings is 2. The number of anilines is 3. The Morgan fingerprint density at radius 2 is 1.82 bits per heavy atom. The summed E-state index contributed by atoms with van der Waals surface area (Å²) in [5.41, 5.74) is -0.524. The summed E-state index contributed by atoms with van der Waals surface area (Å²) in [4.78, 5) is 16.5. The largest absolute Gasteiger partial charge is 0.419 e. The van der Waals surface area contributed by atoms with E-state index in [0.717, 1.165) is 6.07 Å². The van der Waals surface area contributed by atoms with Gasteiger partial charge in [-0.25, -0.2) is 18.0 Å². The second-order valence-corrected chi connectivity index (χ2v) is 8.20. The maximum absolute atomic E-state index is 13.6. The zero-order chi connectivity index (χ0) is 23.8. The number of halogens is 6. The minimum Gasteiger partial charge on any atom is -0.381 e. The lowest BCUT2D eigenvalue weighted by Gasteiger charge is -2.41. The number of urea groups is 1. The number of rotatable bonds is 3. The van der Waals surface area contributed by atoms with E-state index in [1.165, 1.54) is 4.90 Å². The van der Waals surface area contributed by atoms with Gasteiger partial charge >= 0.3 is 12.2 Å². The highest BCUT2D eigenvalue weighted by atomic mass is 19.4. The summed E-state index contributed by atoms with van der Waals surface area (Å²) >= 11 is 0. The molecule has 33 heavy (non-hydrogen) atoms. The number of carbonyl (C=O) groups excluding carboxylic acids is 1. The number of carbonyl (C=O) groups is 1. The van der Waals surface area contributed by atoms with Crippen molar-refractivity contribution < 1.29 is 31.1 Å². The zero-order valence-electron chi connectivity index (χ0n) is 17.4. The second-order valence-electron chi connectivity index (χ2n) is 8.20. The molecule has 0 aliphatic carbocycles. The van der Waals surface area contributed by atoms with E-state index in [2.05, 4.69) is 10.6 Å². The van der Waals surface area contributed by atoms with Crippen LogP contribution >= 0.6 is 0 Å². The van der Waals surface area contributed by atoms with Crippen LogP contribution in [0.4, 0.5) is 48.2 Å². The molecule has 1 atom stereocenters. The van der Waals surface area contributed by atoms with Crippen molar-refractivity contribution in [3.8, 4) is 0 Å². The van der Waals surface area contributed by atoms with Crippen LogP contribution in [-0.2, 0) is 6.18 Å². The molecule has 2 N–H and O–H groups in total. The second kappa shape index (κ2) is 8.77. The van der Waals surface area contributed by atoms with E-state index in [1.807, 2.05) is 4.90 Å². The van der Waals surface area contributed by atoms with Gasteiger partial charge in [-0.05, 0) is 30.3 Å². The van der Waals surface area contributed by atoms with Crippen LogP contribution in [0.25, 0.3) is 0 Å². The van der Waals surface area contributed by atoms with E-state index in [9.17, 15) is 31.1 Å². The van der Waals surface area contributed by atoms with Crippen LogP contribution in [0.3, 0.4) is 0 Å². The van der Waals surface area contributed by atoms with Crippen molar-refractivity contribution in [3.63, 3.8) is 0 Å². The molecule has 0 radical (unpaired) electrons. The molecule has 1 unspecified atom stereocenters. The van der Waals surface area contributed by atoms with Crippen molar-refractivity contribution in [2.45, 2.75) is 31.0 Å². The lowest BCUT2D eigenvalue weighted by atomic mass is 10.0. The van der Waals surface area contributed by atoms with Crippen LogP contribution in [0.1, 0.15) is 18.4 Å². The van der Waals surface area contributed by atoms with Crippen LogP contribution in [0.2, 0.25) is 0 Å². The number of hydrogen-bond donors (Lipinski definition) is 2. The van der Waals surface area contributed by atoms with Crippen molar-refractivity contribution >= 4 is 23.1 Å². The Kier molecular flexibility index (Phi) is 6.17. The van der Waals surface area contributed by atoms with Gasteiger partial charge in [-0.3, -0.25) is 4.90 Å². The summed E-state index contributed by atoms with van der Waals surface area (Å²) in [6.45, 7) is 0.984. The molecule has 11 heteroatoms. The van der Waals surface area contributed by atoms with E-state index in [1.54, 1.807) is 24.3 Å². The molecule has 0 aromatic heterocycles. The third kappa shape index (κ3) is 5.18. The molecular weight excluding hydrogens is 450 g/mol. The minimum absolute atomic E-state index is 0.174. The summed E-state index contributed by atoms with van der Waals surface area (Å²) in [6, 6.07) is 8.01. The summed E-state index contributed by atoms with van der Waals surface area (Å²) in [6.07, 6.45) is -5.46.